The number of para-hydroxylation sites is 2. The van der Waals surface area contributed by atoms with E-state index in [1.807, 2.05) is 60.7 Å². The summed E-state index contributed by atoms with van der Waals surface area (Å²) in [5, 5.41) is 6.41. The number of rotatable bonds is 5. The maximum absolute atomic E-state index is 6.66. The zero-order valence-corrected chi connectivity index (χ0v) is 29.2. The topological polar surface area (TPSA) is 65.0 Å². The highest BCUT2D eigenvalue weighted by molar-refractivity contribution is 6.18. The summed E-state index contributed by atoms with van der Waals surface area (Å²) in [6.07, 6.45) is 8.88. The van der Waals surface area contributed by atoms with Gasteiger partial charge in [0.1, 0.15) is 22.3 Å². The van der Waals surface area contributed by atoms with Gasteiger partial charge < -0.3 is 8.83 Å². The molecule has 0 bridgehead atoms. The van der Waals surface area contributed by atoms with Crippen LogP contribution in [0.25, 0.3) is 106 Å². The molecule has 1 aliphatic carbocycles. The minimum atomic E-state index is 0.595. The van der Waals surface area contributed by atoms with Crippen LogP contribution < -0.4 is 0 Å². The highest BCUT2D eigenvalue weighted by Crippen LogP contribution is 2.43. The first-order chi connectivity index (χ1) is 26.8. The van der Waals surface area contributed by atoms with Gasteiger partial charge in [-0.25, -0.2) is 15.0 Å². The van der Waals surface area contributed by atoms with Gasteiger partial charge in [0.15, 0.2) is 17.5 Å². The van der Waals surface area contributed by atoms with Gasteiger partial charge in [0.25, 0.3) is 0 Å². The third-order valence-corrected chi connectivity index (χ3v) is 10.6. The van der Waals surface area contributed by atoms with Gasteiger partial charge >= 0.3 is 0 Å². The molecule has 0 spiro atoms. The molecule has 0 fully saturated rings. The monoisotopic (exact) mass is 693 g/mol. The van der Waals surface area contributed by atoms with E-state index in [1.54, 1.807) is 0 Å². The second-order valence-corrected chi connectivity index (χ2v) is 13.8. The molecule has 0 amide bonds. The van der Waals surface area contributed by atoms with Crippen molar-refractivity contribution in [2.75, 3.05) is 0 Å². The van der Waals surface area contributed by atoms with Crippen LogP contribution in [0.1, 0.15) is 18.4 Å². The average Bonchev–Trinajstić information content (AvgIpc) is 3.83. The summed E-state index contributed by atoms with van der Waals surface area (Å²) in [5.41, 5.74) is 10.8. The first kappa shape index (κ1) is 30.5. The molecule has 254 valence electrons. The van der Waals surface area contributed by atoms with Crippen LogP contribution in [0.4, 0.5) is 0 Å². The predicted molar refractivity (Wildman–Crippen MR) is 220 cm³/mol. The Kier molecular flexibility index (Phi) is 6.92. The van der Waals surface area contributed by atoms with Crippen LogP contribution in [0.15, 0.2) is 173 Å². The highest BCUT2D eigenvalue weighted by atomic mass is 16.3. The maximum Gasteiger partial charge on any atom is 0.164 e. The number of furan rings is 2. The van der Waals surface area contributed by atoms with Gasteiger partial charge in [0.05, 0.1) is 0 Å². The molecule has 0 unspecified atom stereocenters. The molecule has 7 aromatic carbocycles. The maximum atomic E-state index is 6.66. The van der Waals surface area contributed by atoms with Crippen LogP contribution >= 0.6 is 0 Å². The number of allylic oxidation sites excluding steroid dienone is 4. The molecule has 0 aliphatic heterocycles. The molecule has 54 heavy (non-hydrogen) atoms. The quantitative estimate of drug-likeness (QED) is 0.179. The Balaban J connectivity index is 1.13. The molecule has 3 aromatic heterocycles. The van der Waals surface area contributed by atoms with Crippen molar-refractivity contribution in [2.24, 2.45) is 0 Å². The molecule has 0 saturated heterocycles. The molecule has 0 N–H and O–H groups in total. The van der Waals surface area contributed by atoms with Crippen molar-refractivity contribution >= 4 is 60.2 Å². The Morgan fingerprint density at radius 1 is 0.389 bits per heavy atom. The highest BCUT2D eigenvalue weighted by Gasteiger charge is 2.21. The fourth-order valence-corrected chi connectivity index (χ4v) is 8.14. The van der Waals surface area contributed by atoms with Crippen LogP contribution in [0.2, 0.25) is 0 Å². The van der Waals surface area contributed by atoms with Gasteiger partial charge in [0.2, 0.25) is 0 Å². The third-order valence-electron chi connectivity index (χ3n) is 10.6. The second-order valence-electron chi connectivity index (χ2n) is 13.8. The number of aromatic nitrogens is 3. The number of fused-ring (bicyclic) bond motifs is 7. The van der Waals surface area contributed by atoms with Crippen LogP contribution in [0.5, 0.6) is 0 Å². The molecule has 1 aliphatic rings. The van der Waals surface area contributed by atoms with Crippen LogP contribution in [0, 0.1) is 0 Å². The van der Waals surface area contributed by atoms with Crippen LogP contribution in [-0.2, 0) is 0 Å². The fraction of sp³-hybridized carbons (Fsp3) is 0.0408. The van der Waals surface area contributed by atoms with Crippen molar-refractivity contribution in [2.45, 2.75) is 12.8 Å². The Morgan fingerprint density at radius 3 is 1.80 bits per heavy atom. The van der Waals surface area contributed by atoms with Gasteiger partial charge in [-0.1, -0.05) is 140 Å². The van der Waals surface area contributed by atoms with E-state index < -0.39 is 0 Å². The number of benzene rings is 7. The number of nitrogens with zero attached hydrogens (tertiary/aromatic N) is 3. The summed E-state index contributed by atoms with van der Waals surface area (Å²) in [7, 11) is 0. The minimum absolute atomic E-state index is 0.595. The third kappa shape index (κ3) is 4.82. The lowest BCUT2D eigenvalue weighted by Crippen LogP contribution is -2.01. The van der Waals surface area contributed by atoms with Crippen molar-refractivity contribution in [1.82, 2.24) is 15.0 Å². The fourth-order valence-electron chi connectivity index (χ4n) is 8.14. The van der Waals surface area contributed by atoms with E-state index in [0.29, 0.717) is 17.5 Å². The Hall–Kier alpha value is -7.11. The van der Waals surface area contributed by atoms with E-state index in [-0.39, 0.29) is 0 Å². The standard InChI is InChI=1S/C49H31N3O2/c1-3-14-30(15-4-1)32-21-11-23-39-44-36(22-12-27-43(44)54-46(32)39)35-28-29-37(34-19-8-7-18-33(34)35)48-50-47(31-16-5-2-6-17-31)51-49(52-48)40-24-13-26-42-45(40)38-20-9-10-25-41(38)53-42/h2-3,5-29H,1,4H2. The smallest absolute Gasteiger partial charge is 0.164 e. The lowest BCUT2D eigenvalue weighted by molar-refractivity contribution is 0.667. The zero-order valence-electron chi connectivity index (χ0n) is 29.2. The predicted octanol–water partition coefficient (Wildman–Crippen LogP) is 13.2. The summed E-state index contributed by atoms with van der Waals surface area (Å²) in [6.45, 7) is 0. The van der Waals surface area contributed by atoms with Crippen molar-refractivity contribution in [3.63, 3.8) is 0 Å². The van der Waals surface area contributed by atoms with Gasteiger partial charge in [-0.2, -0.15) is 0 Å². The largest absolute Gasteiger partial charge is 0.456 e. The van der Waals surface area contributed by atoms with E-state index in [4.69, 9.17) is 23.8 Å². The van der Waals surface area contributed by atoms with Gasteiger partial charge in [-0.15, -0.1) is 0 Å². The lowest BCUT2D eigenvalue weighted by Gasteiger charge is -2.14. The minimum Gasteiger partial charge on any atom is -0.456 e. The van der Waals surface area contributed by atoms with Crippen molar-refractivity contribution in [1.29, 1.82) is 0 Å². The number of hydrogen-bond donors (Lipinski definition) is 0. The van der Waals surface area contributed by atoms with Gasteiger partial charge in [-0.05, 0) is 64.6 Å². The SMILES string of the molecule is C1=CC(c2cccc3c2oc2cccc(-c4ccc(-c5nc(-c6ccccc6)nc(-c6cccc7oc8ccccc8c67)n5)c5ccccc45)c23)=CCC1. The van der Waals surface area contributed by atoms with Gasteiger partial charge in [0, 0.05) is 43.8 Å². The second kappa shape index (κ2) is 12.2. The van der Waals surface area contributed by atoms with Crippen LogP contribution in [0.3, 0.4) is 0 Å². The van der Waals surface area contributed by atoms with Crippen molar-refractivity contribution in [3.05, 3.63) is 169 Å². The Bertz CT molecular complexity index is 3170. The molecule has 5 nitrogen and oxygen atoms in total. The molecule has 11 rings (SSSR count). The van der Waals surface area contributed by atoms with Crippen LogP contribution in [-0.4, -0.2) is 15.0 Å². The zero-order chi connectivity index (χ0) is 35.6. The summed E-state index contributed by atoms with van der Waals surface area (Å²) >= 11 is 0. The van der Waals surface area contributed by atoms with E-state index in [1.165, 1.54) is 5.57 Å². The van der Waals surface area contributed by atoms with E-state index in [9.17, 15) is 0 Å². The molecule has 3 heterocycles. The first-order valence-corrected chi connectivity index (χ1v) is 18.3. The molecule has 0 radical (unpaired) electrons. The van der Waals surface area contributed by atoms with E-state index in [2.05, 4.69) is 103 Å². The van der Waals surface area contributed by atoms with Crippen molar-refractivity contribution in [3.8, 4) is 45.3 Å². The Morgan fingerprint density at radius 2 is 0.981 bits per heavy atom. The molecule has 10 aromatic rings. The molecular weight excluding hydrogens is 663 g/mol. The van der Waals surface area contributed by atoms with E-state index in [0.717, 1.165) is 101 Å². The molecular formula is C49H31N3O2. The van der Waals surface area contributed by atoms with E-state index >= 15 is 0 Å². The average molecular weight is 694 g/mol. The summed E-state index contributed by atoms with van der Waals surface area (Å²) in [4.78, 5) is 15.5. The molecule has 0 saturated carbocycles. The normalized spacial score (nSPS) is 13.1. The Labute approximate surface area is 310 Å². The summed E-state index contributed by atoms with van der Waals surface area (Å²) in [5.74, 6) is 1.82. The summed E-state index contributed by atoms with van der Waals surface area (Å²) in [6, 6.07) is 50.1. The van der Waals surface area contributed by atoms with Gasteiger partial charge in [-0.3, -0.25) is 0 Å². The molecule has 0 atom stereocenters. The molecule has 5 heteroatoms. The summed E-state index contributed by atoms with van der Waals surface area (Å²) < 4.78 is 12.9. The lowest BCUT2D eigenvalue weighted by atomic mass is 9.91. The van der Waals surface area contributed by atoms with Crippen molar-refractivity contribution < 1.29 is 8.83 Å². The first-order valence-electron chi connectivity index (χ1n) is 18.3. The number of hydrogen-bond acceptors (Lipinski definition) is 5.